The molecule has 2 rings (SSSR count). The molecule has 0 amide bonds. The molecule has 21 heavy (non-hydrogen) atoms. The normalized spacial score (nSPS) is 15.3. The van der Waals surface area contributed by atoms with Crippen LogP contribution in [0.3, 0.4) is 0 Å². The molecular formula is C17H22N4. The number of allylic oxidation sites excluding steroid dienone is 2. The lowest BCUT2D eigenvalue weighted by atomic mass is 10.2. The summed E-state index contributed by atoms with van der Waals surface area (Å²) in [5.74, 6) is 6.77. The molecule has 1 aliphatic rings. The van der Waals surface area contributed by atoms with Crippen molar-refractivity contribution in [2.24, 2.45) is 4.99 Å². The molecule has 1 aliphatic carbocycles. The van der Waals surface area contributed by atoms with Gasteiger partial charge in [-0.1, -0.05) is 24.8 Å². The molecule has 0 spiro atoms. The smallest absolute Gasteiger partial charge is 0.222 e. The molecule has 0 radical (unpaired) electrons. The molecule has 0 bridgehead atoms. The van der Waals surface area contributed by atoms with Gasteiger partial charge < -0.3 is 5.32 Å². The lowest BCUT2D eigenvalue weighted by Crippen LogP contribution is -2.16. The van der Waals surface area contributed by atoms with E-state index in [-0.39, 0.29) is 0 Å². The molecular weight excluding hydrogens is 260 g/mol. The second-order valence-electron chi connectivity index (χ2n) is 5.40. The van der Waals surface area contributed by atoms with Gasteiger partial charge in [0.25, 0.3) is 0 Å². The van der Waals surface area contributed by atoms with E-state index in [0.29, 0.717) is 12.0 Å². The van der Waals surface area contributed by atoms with Crippen LogP contribution in [0.2, 0.25) is 0 Å². The average molecular weight is 282 g/mol. The van der Waals surface area contributed by atoms with E-state index in [0.717, 1.165) is 17.0 Å². The Labute approximate surface area is 126 Å². The number of hydrogen-bond acceptors (Lipinski definition) is 4. The fourth-order valence-electron chi connectivity index (χ4n) is 2.26. The van der Waals surface area contributed by atoms with Crippen LogP contribution in [0.4, 0.5) is 5.95 Å². The van der Waals surface area contributed by atoms with Gasteiger partial charge in [-0.3, -0.25) is 0 Å². The van der Waals surface area contributed by atoms with Crippen molar-refractivity contribution in [3.63, 3.8) is 0 Å². The maximum absolute atomic E-state index is 4.35. The summed E-state index contributed by atoms with van der Waals surface area (Å²) in [5.41, 5.74) is 2.56. The van der Waals surface area contributed by atoms with Gasteiger partial charge in [0.2, 0.25) is 5.95 Å². The fourth-order valence-corrected chi connectivity index (χ4v) is 2.26. The van der Waals surface area contributed by atoms with Gasteiger partial charge in [-0.2, -0.15) is 0 Å². The molecule has 1 saturated carbocycles. The van der Waals surface area contributed by atoms with Crippen molar-refractivity contribution in [2.45, 2.75) is 52.5 Å². The first-order valence-corrected chi connectivity index (χ1v) is 7.46. The summed E-state index contributed by atoms with van der Waals surface area (Å²) in [5, 5.41) is 3.37. The number of rotatable bonds is 3. The summed E-state index contributed by atoms with van der Waals surface area (Å²) in [6.07, 6.45) is 10.4. The van der Waals surface area contributed by atoms with Crippen LogP contribution in [-0.4, -0.2) is 21.7 Å². The van der Waals surface area contributed by atoms with Crippen molar-refractivity contribution in [1.29, 1.82) is 0 Å². The first-order valence-electron chi connectivity index (χ1n) is 7.46. The van der Waals surface area contributed by atoms with Gasteiger partial charge in [0, 0.05) is 24.1 Å². The first-order chi connectivity index (χ1) is 10.2. The second kappa shape index (κ2) is 7.58. The van der Waals surface area contributed by atoms with Crippen molar-refractivity contribution in [1.82, 2.24) is 9.97 Å². The highest BCUT2D eigenvalue weighted by Gasteiger charge is 2.15. The molecule has 0 aromatic carbocycles. The Morgan fingerprint density at radius 1 is 1.29 bits per heavy atom. The van der Waals surface area contributed by atoms with Crippen LogP contribution in [0, 0.1) is 11.8 Å². The molecule has 0 unspecified atom stereocenters. The van der Waals surface area contributed by atoms with E-state index in [1.807, 2.05) is 26.8 Å². The van der Waals surface area contributed by atoms with E-state index < -0.39 is 0 Å². The highest BCUT2D eigenvalue weighted by atomic mass is 15.1. The number of nitrogens with zero attached hydrogens (tertiary/aromatic N) is 3. The van der Waals surface area contributed by atoms with Gasteiger partial charge in [-0.15, -0.1) is 0 Å². The van der Waals surface area contributed by atoms with Crippen molar-refractivity contribution in [3.8, 4) is 11.8 Å². The van der Waals surface area contributed by atoms with E-state index in [1.165, 1.54) is 25.7 Å². The SMILES string of the molecule is C/C=C(/C#Cc1cnc(NC2CCCC2)nc1)N=C(C)C. The summed E-state index contributed by atoms with van der Waals surface area (Å²) in [6, 6.07) is 0.526. The minimum atomic E-state index is 0.526. The third-order valence-corrected chi connectivity index (χ3v) is 3.29. The van der Waals surface area contributed by atoms with Gasteiger partial charge in [0.1, 0.15) is 5.70 Å². The molecule has 1 aromatic rings. The predicted octanol–water partition coefficient (Wildman–Crippen LogP) is 3.57. The Hall–Kier alpha value is -2.15. The second-order valence-corrected chi connectivity index (χ2v) is 5.40. The monoisotopic (exact) mass is 282 g/mol. The van der Waals surface area contributed by atoms with Crippen LogP contribution in [0.25, 0.3) is 0 Å². The summed E-state index contributed by atoms with van der Waals surface area (Å²) in [7, 11) is 0. The molecule has 4 nitrogen and oxygen atoms in total. The molecule has 1 heterocycles. The molecule has 1 aromatic heterocycles. The Morgan fingerprint density at radius 3 is 2.52 bits per heavy atom. The quantitative estimate of drug-likeness (QED) is 0.681. The highest BCUT2D eigenvalue weighted by Crippen LogP contribution is 2.20. The van der Waals surface area contributed by atoms with Crippen molar-refractivity contribution < 1.29 is 0 Å². The lowest BCUT2D eigenvalue weighted by molar-refractivity contribution is 0.744. The summed E-state index contributed by atoms with van der Waals surface area (Å²) in [6.45, 7) is 5.84. The topological polar surface area (TPSA) is 50.2 Å². The fraction of sp³-hybridized carbons (Fsp3) is 0.471. The molecule has 1 N–H and O–H groups in total. The summed E-state index contributed by atoms with van der Waals surface area (Å²) < 4.78 is 0. The van der Waals surface area contributed by atoms with Gasteiger partial charge >= 0.3 is 0 Å². The third-order valence-electron chi connectivity index (χ3n) is 3.29. The van der Waals surface area contributed by atoms with Gasteiger partial charge in [0.15, 0.2) is 0 Å². The average Bonchev–Trinajstić information content (AvgIpc) is 2.97. The number of nitrogens with one attached hydrogen (secondary N) is 1. The minimum absolute atomic E-state index is 0.526. The number of aromatic nitrogens is 2. The highest BCUT2D eigenvalue weighted by molar-refractivity contribution is 5.80. The van der Waals surface area contributed by atoms with E-state index >= 15 is 0 Å². The molecule has 0 saturated heterocycles. The molecule has 0 aliphatic heterocycles. The zero-order valence-electron chi connectivity index (χ0n) is 13.0. The van der Waals surface area contributed by atoms with Crippen LogP contribution in [0.1, 0.15) is 52.0 Å². The van der Waals surface area contributed by atoms with E-state index in [1.54, 1.807) is 12.4 Å². The van der Waals surface area contributed by atoms with Crippen molar-refractivity contribution in [3.05, 3.63) is 29.7 Å². The first kappa shape index (κ1) is 15.2. The number of hydrogen-bond donors (Lipinski definition) is 1. The van der Waals surface area contributed by atoms with Gasteiger partial charge in [0.05, 0.1) is 5.56 Å². The Morgan fingerprint density at radius 2 is 1.95 bits per heavy atom. The Balaban J connectivity index is 2.00. The van der Waals surface area contributed by atoms with E-state index in [4.69, 9.17) is 0 Å². The number of aliphatic imine (C=N–C) groups is 1. The standard InChI is InChI=1S/C17H22N4/c1-4-15(20-13(2)3)10-9-14-11-18-17(19-12-14)21-16-7-5-6-8-16/h4,11-12,16H,5-8H2,1-3H3,(H,18,19,21)/b15-4-. The van der Waals surface area contributed by atoms with E-state index in [2.05, 4.69) is 32.1 Å². The summed E-state index contributed by atoms with van der Waals surface area (Å²) >= 11 is 0. The van der Waals surface area contributed by atoms with Crippen LogP contribution >= 0.6 is 0 Å². The van der Waals surface area contributed by atoms with Gasteiger partial charge in [-0.25, -0.2) is 15.0 Å². The minimum Gasteiger partial charge on any atom is -0.351 e. The largest absolute Gasteiger partial charge is 0.351 e. The van der Waals surface area contributed by atoms with Crippen LogP contribution in [0.15, 0.2) is 29.2 Å². The Bertz CT molecular complexity index is 577. The molecule has 0 atom stereocenters. The molecule has 110 valence electrons. The van der Waals surface area contributed by atoms with Crippen LogP contribution in [0.5, 0.6) is 0 Å². The third kappa shape index (κ3) is 5.03. The zero-order chi connectivity index (χ0) is 15.1. The molecule has 1 fully saturated rings. The van der Waals surface area contributed by atoms with Gasteiger partial charge in [-0.05, 0) is 39.5 Å². The van der Waals surface area contributed by atoms with Crippen molar-refractivity contribution >= 4 is 11.7 Å². The zero-order valence-corrected chi connectivity index (χ0v) is 13.0. The predicted molar refractivity (Wildman–Crippen MR) is 87.3 cm³/mol. The van der Waals surface area contributed by atoms with Crippen molar-refractivity contribution in [2.75, 3.05) is 5.32 Å². The van der Waals surface area contributed by atoms with Crippen LogP contribution in [-0.2, 0) is 0 Å². The maximum Gasteiger partial charge on any atom is 0.222 e. The Kier molecular flexibility index (Phi) is 5.51. The maximum atomic E-state index is 4.35. The van der Waals surface area contributed by atoms with Crippen LogP contribution < -0.4 is 5.32 Å². The lowest BCUT2D eigenvalue weighted by Gasteiger charge is -2.10. The molecule has 4 heteroatoms. The number of anilines is 1. The van der Waals surface area contributed by atoms with E-state index in [9.17, 15) is 0 Å². The summed E-state index contributed by atoms with van der Waals surface area (Å²) in [4.78, 5) is 13.0.